The monoisotopic (exact) mass is 389 g/mol. The van der Waals surface area contributed by atoms with Crippen LogP contribution in [0.1, 0.15) is 59.5 Å². The van der Waals surface area contributed by atoms with Crippen LogP contribution in [0.2, 0.25) is 0 Å². The number of aryl methyl sites for hydroxylation is 2. The Morgan fingerprint density at radius 3 is 2.41 bits per heavy atom. The quantitative estimate of drug-likeness (QED) is 0.592. The summed E-state index contributed by atoms with van der Waals surface area (Å²) in [7, 11) is 0. The fraction of sp³-hybridized carbons (Fsp3) is 0.375. The van der Waals surface area contributed by atoms with Crippen molar-refractivity contribution in [2.24, 2.45) is 0 Å². The van der Waals surface area contributed by atoms with Gasteiger partial charge in [-0.05, 0) is 38.8 Å². The van der Waals surface area contributed by atoms with E-state index in [1.807, 2.05) is 61.2 Å². The summed E-state index contributed by atoms with van der Waals surface area (Å²) in [6.45, 7) is 4.40. The third-order valence-corrected chi connectivity index (χ3v) is 5.55. The van der Waals surface area contributed by atoms with Gasteiger partial charge < -0.3 is 9.42 Å². The van der Waals surface area contributed by atoms with Gasteiger partial charge in [-0.1, -0.05) is 71.9 Å². The number of aromatic nitrogens is 2. The van der Waals surface area contributed by atoms with Gasteiger partial charge in [0.2, 0.25) is 11.7 Å². The van der Waals surface area contributed by atoms with Crippen molar-refractivity contribution in [3.05, 3.63) is 71.1 Å². The molecular formula is C24H27N3O2. The molecule has 2 aromatic carbocycles. The molecule has 1 aromatic heterocycles. The van der Waals surface area contributed by atoms with Crippen molar-refractivity contribution in [3.8, 4) is 11.4 Å². The van der Waals surface area contributed by atoms with Gasteiger partial charge in [0, 0.05) is 17.2 Å². The highest BCUT2D eigenvalue weighted by atomic mass is 16.5. The van der Waals surface area contributed by atoms with Gasteiger partial charge in [-0.3, -0.25) is 4.79 Å². The SMILES string of the molecule is Cc1cc(C)cc(C(=O)N(Cc2nc(-c3ccccc3)no2)C2CCCCC2)c1. The molecule has 0 saturated heterocycles. The highest BCUT2D eigenvalue weighted by Gasteiger charge is 2.28. The largest absolute Gasteiger partial charge is 0.337 e. The number of amides is 1. The van der Waals surface area contributed by atoms with Crippen LogP contribution < -0.4 is 0 Å². The third kappa shape index (κ3) is 4.56. The molecule has 150 valence electrons. The number of nitrogens with zero attached hydrogens (tertiary/aromatic N) is 3. The molecule has 5 nitrogen and oxygen atoms in total. The summed E-state index contributed by atoms with van der Waals surface area (Å²) in [6, 6.07) is 16.0. The molecule has 0 bridgehead atoms. The molecule has 29 heavy (non-hydrogen) atoms. The van der Waals surface area contributed by atoms with Crippen molar-refractivity contribution in [1.82, 2.24) is 15.0 Å². The molecular weight excluding hydrogens is 362 g/mol. The van der Waals surface area contributed by atoms with E-state index in [0.717, 1.165) is 47.9 Å². The first-order valence-corrected chi connectivity index (χ1v) is 10.4. The molecule has 1 fully saturated rings. The van der Waals surface area contributed by atoms with Crippen LogP contribution in [-0.4, -0.2) is 27.0 Å². The van der Waals surface area contributed by atoms with Crippen LogP contribution >= 0.6 is 0 Å². The summed E-state index contributed by atoms with van der Waals surface area (Å²) >= 11 is 0. The van der Waals surface area contributed by atoms with E-state index in [-0.39, 0.29) is 11.9 Å². The average Bonchev–Trinajstić information content (AvgIpc) is 3.21. The lowest BCUT2D eigenvalue weighted by Crippen LogP contribution is -2.41. The Hall–Kier alpha value is -2.95. The van der Waals surface area contributed by atoms with Crippen molar-refractivity contribution in [2.75, 3.05) is 0 Å². The molecule has 1 aliphatic carbocycles. The fourth-order valence-electron chi connectivity index (χ4n) is 4.19. The normalized spacial score (nSPS) is 14.7. The van der Waals surface area contributed by atoms with E-state index in [1.54, 1.807) is 0 Å². The lowest BCUT2D eigenvalue weighted by atomic mass is 9.93. The molecule has 1 amide bonds. The van der Waals surface area contributed by atoms with Gasteiger partial charge in [-0.25, -0.2) is 0 Å². The fourth-order valence-corrected chi connectivity index (χ4v) is 4.19. The predicted octanol–water partition coefficient (Wildman–Crippen LogP) is 5.33. The summed E-state index contributed by atoms with van der Waals surface area (Å²) < 4.78 is 5.52. The van der Waals surface area contributed by atoms with Crippen molar-refractivity contribution in [3.63, 3.8) is 0 Å². The zero-order valence-electron chi connectivity index (χ0n) is 17.1. The van der Waals surface area contributed by atoms with Crippen LogP contribution in [0.15, 0.2) is 53.1 Å². The van der Waals surface area contributed by atoms with E-state index in [9.17, 15) is 4.79 Å². The maximum absolute atomic E-state index is 13.5. The Kier molecular flexibility index (Phi) is 5.74. The zero-order valence-corrected chi connectivity index (χ0v) is 17.1. The van der Waals surface area contributed by atoms with Gasteiger partial charge in [0.05, 0.1) is 0 Å². The Morgan fingerprint density at radius 1 is 1.03 bits per heavy atom. The third-order valence-electron chi connectivity index (χ3n) is 5.55. The van der Waals surface area contributed by atoms with Crippen LogP contribution in [0.25, 0.3) is 11.4 Å². The molecule has 1 saturated carbocycles. The molecule has 0 N–H and O–H groups in total. The van der Waals surface area contributed by atoms with Gasteiger partial charge in [-0.15, -0.1) is 0 Å². The topological polar surface area (TPSA) is 59.2 Å². The van der Waals surface area contributed by atoms with Crippen LogP contribution in [0, 0.1) is 13.8 Å². The minimum Gasteiger partial charge on any atom is -0.337 e. The zero-order chi connectivity index (χ0) is 20.2. The van der Waals surface area contributed by atoms with E-state index in [1.165, 1.54) is 6.42 Å². The smallest absolute Gasteiger partial charge is 0.254 e. The van der Waals surface area contributed by atoms with Crippen LogP contribution in [0.4, 0.5) is 0 Å². The maximum Gasteiger partial charge on any atom is 0.254 e. The lowest BCUT2D eigenvalue weighted by Gasteiger charge is -2.33. The molecule has 0 aliphatic heterocycles. The number of rotatable bonds is 5. The first-order valence-electron chi connectivity index (χ1n) is 10.4. The van der Waals surface area contributed by atoms with E-state index in [0.29, 0.717) is 18.3 Å². The standard InChI is InChI=1S/C24H27N3O2/c1-17-13-18(2)15-20(14-17)24(28)27(21-11-7-4-8-12-21)16-22-25-23(26-29-22)19-9-5-3-6-10-19/h3,5-6,9-10,13-15,21H,4,7-8,11-12,16H2,1-2H3. The van der Waals surface area contributed by atoms with E-state index in [4.69, 9.17) is 4.52 Å². The summed E-state index contributed by atoms with van der Waals surface area (Å²) in [5, 5.41) is 4.12. The highest BCUT2D eigenvalue weighted by Crippen LogP contribution is 2.26. The molecule has 5 heteroatoms. The predicted molar refractivity (Wildman–Crippen MR) is 112 cm³/mol. The van der Waals surface area contributed by atoms with Gasteiger partial charge in [-0.2, -0.15) is 4.98 Å². The van der Waals surface area contributed by atoms with Crippen molar-refractivity contribution >= 4 is 5.91 Å². The first-order chi connectivity index (χ1) is 14.1. The molecule has 0 atom stereocenters. The number of hydrogen-bond donors (Lipinski definition) is 0. The number of carbonyl (C=O) groups excluding carboxylic acids is 1. The molecule has 0 radical (unpaired) electrons. The van der Waals surface area contributed by atoms with E-state index >= 15 is 0 Å². The van der Waals surface area contributed by atoms with Crippen LogP contribution in [0.3, 0.4) is 0 Å². The lowest BCUT2D eigenvalue weighted by molar-refractivity contribution is 0.0586. The van der Waals surface area contributed by atoms with Crippen LogP contribution in [0.5, 0.6) is 0 Å². The minimum atomic E-state index is 0.0446. The van der Waals surface area contributed by atoms with Gasteiger partial charge in [0.25, 0.3) is 5.91 Å². The maximum atomic E-state index is 13.5. The number of hydrogen-bond acceptors (Lipinski definition) is 4. The molecule has 0 unspecified atom stereocenters. The highest BCUT2D eigenvalue weighted by molar-refractivity contribution is 5.94. The van der Waals surface area contributed by atoms with Gasteiger partial charge in [0.1, 0.15) is 6.54 Å². The summed E-state index contributed by atoms with van der Waals surface area (Å²) in [5.74, 6) is 1.08. The Morgan fingerprint density at radius 2 is 1.72 bits per heavy atom. The van der Waals surface area contributed by atoms with Crippen LogP contribution in [-0.2, 0) is 6.54 Å². The second kappa shape index (κ2) is 8.60. The van der Waals surface area contributed by atoms with E-state index < -0.39 is 0 Å². The summed E-state index contributed by atoms with van der Waals surface area (Å²) in [6.07, 6.45) is 5.59. The molecule has 4 rings (SSSR count). The Labute approximate surface area is 171 Å². The van der Waals surface area contributed by atoms with E-state index in [2.05, 4.69) is 16.2 Å². The van der Waals surface area contributed by atoms with Crippen molar-refractivity contribution in [2.45, 2.75) is 58.5 Å². The minimum absolute atomic E-state index is 0.0446. The second-order valence-corrected chi connectivity index (χ2v) is 7.98. The van der Waals surface area contributed by atoms with Crippen molar-refractivity contribution < 1.29 is 9.32 Å². The van der Waals surface area contributed by atoms with Crippen molar-refractivity contribution in [1.29, 1.82) is 0 Å². The Balaban J connectivity index is 1.61. The molecule has 1 aliphatic rings. The summed E-state index contributed by atoms with van der Waals surface area (Å²) in [4.78, 5) is 20.0. The molecule has 1 heterocycles. The Bertz CT molecular complexity index is 955. The average molecular weight is 389 g/mol. The number of benzene rings is 2. The molecule has 0 spiro atoms. The first kappa shape index (κ1) is 19.4. The van der Waals surface area contributed by atoms with Gasteiger partial charge >= 0.3 is 0 Å². The molecule has 3 aromatic rings. The second-order valence-electron chi connectivity index (χ2n) is 7.98. The van der Waals surface area contributed by atoms with Gasteiger partial charge in [0.15, 0.2) is 0 Å². The number of carbonyl (C=O) groups is 1. The summed E-state index contributed by atoms with van der Waals surface area (Å²) in [5.41, 5.74) is 3.84.